The molecule has 3 heteroatoms. The maximum Gasteiger partial charge on any atom is 0.229 e. The number of aliphatic hydroxyl groups is 1. The summed E-state index contributed by atoms with van der Waals surface area (Å²) in [6.45, 7) is 5.08. The summed E-state index contributed by atoms with van der Waals surface area (Å²) in [6, 6.07) is 0. The number of ether oxygens (including phenoxy) is 1. The van der Waals surface area contributed by atoms with Crippen LogP contribution in [0.15, 0.2) is 0 Å². The molecule has 1 saturated heterocycles. The number of carbonyl (C=O) groups excluding carboxylic acids is 1. The van der Waals surface area contributed by atoms with Gasteiger partial charge in [0.05, 0.1) is 6.10 Å². The van der Waals surface area contributed by atoms with Crippen LogP contribution in [0.2, 0.25) is 0 Å². The standard InChI is InChI=1S/C9H16O3/c1-6-4-5-7(2)12-9(6,11)8(3)10/h6-7,11H,4-5H2,1-3H3. The Hall–Kier alpha value is -0.410. The monoisotopic (exact) mass is 172 g/mol. The highest BCUT2D eigenvalue weighted by molar-refractivity contribution is 5.83. The Morgan fingerprint density at radius 1 is 1.50 bits per heavy atom. The molecule has 1 N–H and O–H groups in total. The van der Waals surface area contributed by atoms with Gasteiger partial charge in [-0.05, 0) is 19.8 Å². The van der Waals surface area contributed by atoms with Gasteiger partial charge in [-0.25, -0.2) is 0 Å². The van der Waals surface area contributed by atoms with Crippen LogP contribution in [-0.2, 0) is 9.53 Å². The summed E-state index contributed by atoms with van der Waals surface area (Å²) in [7, 11) is 0. The van der Waals surface area contributed by atoms with Crippen LogP contribution in [-0.4, -0.2) is 22.8 Å². The van der Waals surface area contributed by atoms with Crippen LogP contribution < -0.4 is 0 Å². The molecule has 0 aromatic carbocycles. The maximum absolute atomic E-state index is 11.1. The summed E-state index contributed by atoms with van der Waals surface area (Å²) in [5, 5.41) is 9.82. The zero-order valence-corrected chi connectivity index (χ0v) is 7.83. The Morgan fingerprint density at radius 2 is 2.08 bits per heavy atom. The van der Waals surface area contributed by atoms with E-state index in [1.54, 1.807) is 0 Å². The van der Waals surface area contributed by atoms with Crippen molar-refractivity contribution in [3.8, 4) is 0 Å². The van der Waals surface area contributed by atoms with Crippen LogP contribution in [0.5, 0.6) is 0 Å². The molecule has 3 unspecified atom stereocenters. The van der Waals surface area contributed by atoms with E-state index in [-0.39, 0.29) is 17.8 Å². The van der Waals surface area contributed by atoms with Gasteiger partial charge in [-0.1, -0.05) is 6.92 Å². The zero-order valence-electron chi connectivity index (χ0n) is 7.83. The molecule has 3 atom stereocenters. The minimum absolute atomic E-state index is 0.0184. The van der Waals surface area contributed by atoms with E-state index in [1.807, 2.05) is 13.8 Å². The SMILES string of the molecule is CC(=O)C1(O)OC(C)CCC1C. The molecule has 1 heterocycles. The molecule has 0 aliphatic carbocycles. The van der Waals surface area contributed by atoms with Crippen LogP contribution in [0.4, 0.5) is 0 Å². The normalized spacial score (nSPS) is 42.7. The van der Waals surface area contributed by atoms with E-state index in [0.717, 1.165) is 12.8 Å². The van der Waals surface area contributed by atoms with Crippen LogP contribution in [0.3, 0.4) is 0 Å². The van der Waals surface area contributed by atoms with Gasteiger partial charge in [-0.2, -0.15) is 0 Å². The van der Waals surface area contributed by atoms with Crippen LogP contribution in [0.25, 0.3) is 0 Å². The number of ketones is 1. The molecule has 0 aromatic rings. The highest BCUT2D eigenvalue weighted by atomic mass is 16.6. The number of hydrogen-bond acceptors (Lipinski definition) is 3. The fourth-order valence-electron chi connectivity index (χ4n) is 1.59. The third kappa shape index (κ3) is 1.52. The average molecular weight is 172 g/mol. The molecule has 0 aromatic heterocycles. The van der Waals surface area contributed by atoms with E-state index in [0.29, 0.717) is 0 Å². The minimum atomic E-state index is -1.53. The van der Waals surface area contributed by atoms with Crippen molar-refractivity contribution in [2.24, 2.45) is 5.92 Å². The maximum atomic E-state index is 11.1. The second kappa shape index (κ2) is 3.15. The summed E-state index contributed by atoms with van der Waals surface area (Å²) in [5.41, 5.74) is 0. The summed E-state index contributed by atoms with van der Waals surface area (Å²) in [5.74, 6) is -1.91. The lowest BCUT2D eigenvalue weighted by atomic mass is 9.88. The predicted molar refractivity (Wildman–Crippen MR) is 44.6 cm³/mol. The smallest absolute Gasteiger partial charge is 0.229 e. The third-order valence-corrected chi connectivity index (χ3v) is 2.56. The van der Waals surface area contributed by atoms with Crippen molar-refractivity contribution in [3.05, 3.63) is 0 Å². The largest absolute Gasteiger partial charge is 0.359 e. The first kappa shape index (κ1) is 9.68. The molecule has 0 amide bonds. The van der Waals surface area contributed by atoms with E-state index < -0.39 is 5.79 Å². The molecular formula is C9H16O3. The fraction of sp³-hybridized carbons (Fsp3) is 0.889. The van der Waals surface area contributed by atoms with Crippen LogP contribution in [0.1, 0.15) is 33.6 Å². The summed E-state index contributed by atoms with van der Waals surface area (Å²) < 4.78 is 5.25. The quantitative estimate of drug-likeness (QED) is 0.644. The van der Waals surface area contributed by atoms with Gasteiger partial charge in [0.25, 0.3) is 0 Å². The van der Waals surface area contributed by atoms with Gasteiger partial charge in [-0.15, -0.1) is 0 Å². The molecular weight excluding hydrogens is 156 g/mol. The van der Waals surface area contributed by atoms with E-state index in [9.17, 15) is 9.90 Å². The Kier molecular flexibility index (Phi) is 2.54. The highest BCUT2D eigenvalue weighted by Crippen LogP contribution is 2.32. The predicted octanol–water partition coefficient (Wildman–Crippen LogP) is 1.10. The summed E-state index contributed by atoms with van der Waals surface area (Å²) >= 11 is 0. The van der Waals surface area contributed by atoms with Gasteiger partial charge in [-0.3, -0.25) is 4.79 Å². The number of rotatable bonds is 1. The van der Waals surface area contributed by atoms with Crippen molar-refractivity contribution in [2.75, 3.05) is 0 Å². The summed E-state index contributed by atoms with van der Waals surface area (Å²) in [4.78, 5) is 11.1. The topological polar surface area (TPSA) is 46.5 Å². The fourth-order valence-corrected chi connectivity index (χ4v) is 1.59. The average Bonchev–Trinajstić information content (AvgIpc) is 1.97. The molecule has 0 spiro atoms. The number of hydrogen-bond donors (Lipinski definition) is 1. The molecule has 0 bridgehead atoms. The minimum Gasteiger partial charge on any atom is -0.359 e. The second-order valence-electron chi connectivity index (χ2n) is 3.66. The number of carbonyl (C=O) groups is 1. The second-order valence-corrected chi connectivity index (χ2v) is 3.66. The lowest BCUT2D eigenvalue weighted by Crippen LogP contribution is -2.51. The van der Waals surface area contributed by atoms with E-state index in [4.69, 9.17) is 4.74 Å². The van der Waals surface area contributed by atoms with Gasteiger partial charge < -0.3 is 9.84 Å². The van der Waals surface area contributed by atoms with Crippen molar-refractivity contribution in [1.82, 2.24) is 0 Å². The molecule has 3 nitrogen and oxygen atoms in total. The highest BCUT2D eigenvalue weighted by Gasteiger charge is 2.44. The molecule has 1 rings (SSSR count). The van der Waals surface area contributed by atoms with Crippen molar-refractivity contribution in [3.63, 3.8) is 0 Å². The zero-order chi connectivity index (χ0) is 9.35. The first-order chi connectivity index (χ1) is 5.47. The van der Waals surface area contributed by atoms with Crippen molar-refractivity contribution < 1.29 is 14.6 Å². The van der Waals surface area contributed by atoms with Crippen LogP contribution in [0, 0.1) is 5.92 Å². The Balaban J connectivity index is 2.77. The first-order valence-corrected chi connectivity index (χ1v) is 4.38. The van der Waals surface area contributed by atoms with E-state index in [1.165, 1.54) is 6.92 Å². The molecule has 1 aliphatic heterocycles. The van der Waals surface area contributed by atoms with Gasteiger partial charge in [0.15, 0.2) is 5.78 Å². The Morgan fingerprint density at radius 3 is 2.50 bits per heavy atom. The molecule has 1 aliphatic rings. The van der Waals surface area contributed by atoms with Crippen molar-refractivity contribution in [1.29, 1.82) is 0 Å². The van der Waals surface area contributed by atoms with Crippen molar-refractivity contribution in [2.45, 2.75) is 45.5 Å². The Labute approximate surface area is 72.7 Å². The van der Waals surface area contributed by atoms with Gasteiger partial charge >= 0.3 is 0 Å². The molecule has 70 valence electrons. The molecule has 12 heavy (non-hydrogen) atoms. The van der Waals surface area contributed by atoms with Gasteiger partial charge in [0, 0.05) is 12.8 Å². The lowest BCUT2D eigenvalue weighted by molar-refractivity contribution is -0.258. The lowest BCUT2D eigenvalue weighted by Gasteiger charge is -2.38. The Bertz CT molecular complexity index is 190. The van der Waals surface area contributed by atoms with Crippen molar-refractivity contribution >= 4 is 5.78 Å². The first-order valence-electron chi connectivity index (χ1n) is 4.38. The molecule has 0 saturated carbocycles. The van der Waals surface area contributed by atoms with Gasteiger partial charge in [0.1, 0.15) is 0 Å². The van der Waals surface area contributed by atoms with E-state index >= 15 is 0 Å². The van der Waals surface area contributed by atoms with E-state index in [2.05, 4.69) is 0 Å². The van der Waals surface area contributed by atoms with Crippen LogP contribution >= 0.6 is 0 Å². The molecule has 0 radical (unpaired) electrons. The molecule has 1 fully saturated rings. The number of Topliss-reactive ketones (excluding diaryl/α,β-unsaturated/α-hetero) is 1. The summed E-state index contributed by atoms with van der Waals surface area (Å²) in [6.07, 6.45) is 1.74. The third-order valence-electron chi connectivity index (χ3n) is 2.56. The van der Waals surface area contributed by atoms with Gasteiger partial charge in [0.2, 0.25) is 5.79 Å².